The zero-order chi connectivity index (χ0) is 10.7. The quantitative estimate of drug-likeness (QED) is 0.518. The minimum Gasteiger partial charge on any atom is -0.106 e. The monoisotopic (exact) mass is 198 g/mol. The Morgan fingerprint density at radius 1 is 0.667 bits per heavy atom. The number of hydrogen-bond donors (Lipinski definition) is 0. The summed E-state index contributed by atoms with van der Waals surface area (Å²) in [6.07, 6.45) is 19.7. The molecule has 1 fully saturated rings. The third-order valence-electron chi connectivity index (χ3n) is 3.58. The molecule has 0 N–H and O–H groups in total. The van der Waals surface area contributed by atoms with Crippen LogP contribution >= 0.6 is 0 Å². The van der Waals surface area contributed by atoms with Crippen LogP contribution in [0.1, 0.15) is 6.42 Å². The normalized spacial score (nSPS) is 39.2. The lowest BCUT2D eigenvalue weighted by Crippen LogP contribution is -2.14. The average molecular weight is 198 g/mol. The third-order valence-corrected chi connectivity index (χ3v) is 3.58. The Morgan fingerprint density at radius 3 is 1.53 bits per heavy atom. The van der Waals surface area contributed by atoms with Crippen LogP contribution in [0.4, 0.5) is 0 Å². The molecule has 78 valence electrons. The molecule has 0 aromatic heterocycles. The number of hydrogen-bond acceptors (Lipinski definition) is 0. The van der Waals surface area contributed by atoms with Gasteiger partial charge in [0.25, 0.3) is 0 Å². The molecule has 0 spiro atoms. The van der Waals surface area contributed by atoms with Crippen molar-refractivity contribution >= 4 is 0 Å². The second-order valence-corrected chi connectivity index (χ2v) is 4.26. The first kappa shape index (κ1) is 10.2. The van der Waals surface area contributed by atoms with Gasteiger partial charge in [-0.05, 0) is 30.1 Å². The van der Waals surface area contributed by atoms with Crippen molar-refractivity contribution in [3.8, 4) is 0 Å². The van der Waals surface area contributed by atoms with Gasteiger partial charge in [-0.25, -0.2) is 0 Å². The molecule has 0 amide bonds. The zero-order valence-corrected chi connectivity index (χ0v) is 9.05. The molecule has 3 aliphatic rings. The highest BCUT2D eigenvalue weighted by molar-refractivity contribution is 5.26. The lowest BCUT2D eigenvalue weighted by atomic mass is 9.83. The van der Waals surface area contributed by atoms with E-state index in [1.165, 1.54) is 6.42 Å². The van der Waals surface area contributed by atoms with E-state index in [4.69, 9.17) is 0 Å². The second kappa shape index (κ2) is 4.48. The van der Waals surface area contributed by atoms with E-state index in [1.54, 1.807) is 0 Å². The Labute approximate surface area is 92.4 Å². The van der Waals surface area contributed by atoms with Gasteiger partial charge in [-0.1, -0.05) is 48.6 Å². The summed E-state index contributed by atoms with van der Waals surface area (Å²) < 4.78 is 0. The first-order chi connectivity index (χ1) is 7.45. The van der Waals surface area contributed by atoms with Crippen molar-refractivity contribution < 1.29 is 0 Å². The van der Waals surface area contributed by atoms with Crippen molar-refractivity contribution in [2.45, 2.75) is 6.42 Å². The Morgan fingerprint density at radius 2 is 1.07 bits per heavy atom. The summed E-state index contributed by atoms with van der Waals surface area (Å²) in [7, 11) is 0. The molecule has 0 radical (unpaired) electrons. The lowest BCUT2D eigenvalue weighted by Gasteiger charge is -2.21. The molecule has 0 aliphatic heterocycles. The molecule has 0 heterocycles. The topological polar surface area (TPSA) is 0 Å². The summed E-state index contributed by atoms with van der Waals surface area (Å²) in [4.78, 5) is 0. The van der Waals surface area contributed by atoms with Crippen LogP contribution in [0.3, 0.4) is 0 Å². The van der Waals surface area contributed by atoms with Gasteiger partial charge in [0.1, 0.15) is 0 Å². The Kier molecular flexibility index (Phi) is 3.05. The first-order valence-corrected chi connectivity index (χ1v) is 5.65. The zero-order valence-electron chi connectivity index (χ0n) is 9.05. The Hall–Kier alpha value is -1.30. The van der Waals surface area contributed by atoms with Crippen molar-refractivity contribution in [1.29, 1.82) is 0 Å². The largest absolute Gasteiger partial charge is 0.106 e. The van der Waals surface area contributed by atoms with Crippen LogP contribution in [-0.4, -0.2) is 0 Å². The Balaban J connectivity index is 0.000000404. The molecule has 0 saturated heterocycles. The van der Waals surface area contributed by atoms with Gasteiger partial charge in [0.05, 0.1) is 0 Å². The predicted octanol–water partition coefficient (Wildman–Crippen LogP) is 3.91. The van der Waals surface area contributed by atoms with E-state index in [0.29, 0.717) is 0 Å². The third kappa shape index (κ3) is 1.77. The highest BCUT2D eigenvalue weighted by atomic mass is 14.4. The van der Waals surface area contributed by atoms with Gasteiger partial charge in [0.2, 0.25) is 0 Å². The second-order valence-electron chi connectivity index (χ2n) is 4.26. The standard InChI is InChI=1S/C13H14.C2H4/c1-3-7-12-10(5-1)9-11-6-2-4-8-13(11)12;1-2/h1-8,10-13H,9H2;1-2H2. The Bertz CT molecular complexity index is 298. The molecule has 4 unspecified atom stereocenters. The van der Waals surface area contributed by atoms with Crippen LogP contribution in [0, 0.1) is 23.7 Å². The van der Waals surface area contributed by atoms with Gasteiger partial charge >= 0.3 is 0 Å². The number of rotatable bonds is 0. The van der Waals surface area contributed by atoms with E-state index in [2.05, 4.69) is 61.8 Å². The SMILES string of the molecule is C1=CC2CC3C=CC=CC3C2C=C1.C=C. The molecular formula is C15H18. The number of fused-ring (bicyclic) bond motifs is 3. The molecule has 15 heavy (non-hydrogen) atoms. The van der Waals surface area contributed by atoms with E-state index >= 15 is 0 Å². The van der Waals surface area contributed by atoms with Crippen LogP contribution in [0.5, 0.6) is 0 Å². The van der Waals surface area contributed by atoms with E-state index in [-0.39, 0.29) is 0 Å². The molecule has 0 bridgehead atoms. The smallest absolute Gasteiger partial charge is 0.00983 e. The van der Waals surface area contributed by atoms with Crippen LogP contribution in [0.25, 0.3) is 0 Å². The van der Waals surface area contributed by atoms with E-state index in [9.17, 15) is 0 Å². The van der Waals surface area contributed by atoms with Crippen molar-refractivity contribution in [1.82, 2.24) is 0 Å². The maximum Gasteiger partial charge on any atom is -0.00983 e. The molecule has 1 saturated carbocycles. The summed E-state index contributed by atoms with van der Waals surface area (Å²) >= 11 is 0. The summed E-state index contributed by atoms with van der Waals surface area (Å²) in [5.41, 5.74) is 0. The summed E-state index contributed by atoms with van der Waals surface area (Å²) in [6, 6.07) is 0. The lowest BCUT2D eigenvalue weighted by molar-refractivity contribution is 0.461. The predicted molar refractivity (Wildman–Crippen MR) is 66.4 cm³/mol. The molecule has 0 aromatic rings. The highest BCUT2D eigenvalue weighted by Gasteiger charge is 2.38. The highest BCUT2D eigenvalue weighted by Crippen LogP contribution is 2.46. The van der Waals surface area contributed by atoms with Crippen LogP contribution in [-0.2, 0) is 0 Å². The minimum absolute atomic E-state index is 0.774. The van der Waals surface area contributed by atoms with E-state index in [1.807, 2.05) is 0 Å². The van der Waals surface area contributed by atoms with Crippen molar-refractivity contribution in [2.75, 3.05) is 0 Å². The molecule has 3 rings (SSSR count). The van der Waals surface area contributed by atoms with Crippen molar-refractivity contribution in [3.63, 3.8) is 0 Å². The fourth-order valence-electron chi connectivity index (χ4n) is 2.95. The maximum absolute atomic E-state index is 3.00. The molecular weight excluding hydrogens is 180 g/mol. The van der Waals surface area contributed by atoms with Crippen LogP contribution < -0.4 is 0 Å². The van der Waals surface area contributed by atoms with Gasteiger partial charge in [0.15, 0.2) is 0 Å². The van der Waals surface area contributed by atoms with Crippen LogP contribution in [0.15, 0.2) is 61.8 Å². The van der Waals surface area contributed by atoms with Crippen molar-refractivity contribution in [3.05, 3.63) is 61.8 Å². The maximum atomic E-state index is 3.00. The summed E-state index contributed by atoms with van der Waals surface area (Å²) in [5.74, 6) is 3.15. The minimum atomic E-state index is 0.774. The fourth-order valence-corrected chi connectivity index (χ4v) is 2.95. The van der Waals surface area contributed by atoms with Gasteiger partial charge in [0, 0.05) is 0 Å². The van der Waals surface area contributed by atoms with Crippen LogP contribution in [0.2, 0.25) is 0 Å². The van der Waals surface area contributed by atoms with E-state index in [0.717, 1.165) is 23.7 Å². The van der Waals surface area contributed by atoms with Gasteiger partial charge < -0.3 is 0 Å². The first-order valence-electron chi connectivity index (χ1n) is 5.65. The van der Waals surface area contributed by atoms with Gasteiger partial charge in [-0.2, -0.15) is 0 Å². The molecule has 0 heteroatoms. The van der Waals surface area contributed by atoms with Gasteiger partial charge in [-0.3, -0.25) is 0 Å². The van der Waals surface area contributed by atoms with Gasteiger partial charge in [-0.15, -0.1) is 13.2 Å². The summed E-state index contributed by atoms with van der Waals surface area (Å²) in [6.45, 7) is 6.00. The molecule has 0 aromatic carbocycles. The molecule has 3 aliphatic carbocycles. The van der Waals surface area contributed by atoms with E-state index < -0.39 is 0 Å². The molecule has 4 atom stereocenters. The average Bonchev–Trinajstić information content (AvgIpc) is 2.70. The fraction of sp³-hybridized carbons (Fsp3) is 0.333. The van der Waals surface area contributed by atoms with Crippen molar-refractivity contribution in [2.24, 2.45) is 23.7 Å². The summed E-state index contributed by atoms with van der Waals surface area (Å²) in [5, 5.41) is 0. The molecule has 0 nitrogen and oxygen atoms in total. The number of allylic oxidation sites excluding steroid dienone is 8.